The Bertz CT molecular complexity index is 1180. The van der Waals surface area contributed by atoms with Crippen molar-refractivity contribution >= 4 is 16.7 Å². The first-order valence-corrected chi connectivity index (χ1v) is 10.0. The van der Waals surface area contributed by atoms with Crippen LogP contribution < -0.4 is 4.90 Å². The zero-order chi connectivity index (χ0) is 22.1. The third-order valence-corrected chi connectivity index (χ3v) is 6.47. The van der Waals surface area contributed by atoms with Gasteiger partial charge in [0.05, 0.1) is 11.1 Å². The summed E-state index contributed by atoms with van der Waals surface area (Å²) in [6.07, 6.45) is 0.945. The molecule has 2 aromatic heterocycles. The number of nitrogens with zero attached hydrogens (tertiary/aromatic N) is 4. The number of piperidine rings is 2. The topological polar surface area (TPSA) is 54.2 Å². The van der Waals surface area contributed by atoms with Gasteiger partial charge in [0, 0.05) is 42.8 Å². The molecule has 10 heteroatoms. The third-order valence-electron chi connectivity index (χ3n) is 6.47. The molecular formula is C21H19F5N4O. The quantitative estimate of drug-likeness (QED) is 0.571. The van der Waals surface area contributed by atoms with Gasteiger partial charge in [-0.05, 0) is 37.7 Å². The van der Waals surface area contributed by atoms with Crippen LogP contribution >= 0.6 is 0 Å². The SMILES string of the molecule is Cn1nc(-c2cc(C(F)(F)F)c(F)c(O)c2F)c2cnc(N3CC4CCC3CC4)cc21. The van der Waals surface area contributed by atoms with Crippen LogP contribution in [-0.2, 0) is 13.2 Å². The molecule has 0 unspecified atom stereocenters. The van der Waals surface area contributed by atoms with Crippen LogP contribution in [0.4, 0.5) is 27.8 Å². The molecule has 0 amide bonds. The van der Waals surface area contributed by atoms with Crippen molar-refractivity contribution in [2.75, 3.05) is 11.4 Å². The van der Waals surface area contributed by atoms with Gasteiger partial charge in [0.25, 0.3) is 0 Å². The second-order valence-corrected chi connectivity index (χ2v) is 8.30. The summed E-state index contributed by atoms with van der Waals surface area (Å²) in [5.74, 6) is -3.86. The monoisotopic (exact) mass is 438 g/mol. The van der Waals surface area contributed by atoms with Crippen LogP contribution in [0, 0.1) is 17.6 Å². The lowest BCUT2D eigenvalue weighted by molar-refractivity contribution is -0.140. The van der Waals surface area contributed by atoms with Gasteiger partial charge in [-0.15, -0.1) is 0 Å². The van der Waals surface area contributed by atoms with E-state index in [2.05, 4.69) is 15.0 Å². The zero-order valence-corrected chi connectivity index (χ0v) is 16.5. The van der Waals surface area contributed by atoms with Crippen LogP contribution in [-0.4, -0.2) is 32.5 Å². The molecule has 1 N–H and O–H groups in total. The number of fused-ring (bicyclic) bond motifs is 4. The zero-order valence-electron chi connectivity index (χ0n) is 16.5. The van der Waals surface area contributed by atoms with Crippen molar-refractivity contribution < 1.29 is 27.1 Å². The molecule has 0 atom stereocenters. The van der Waals surface area contributed by atoms with Crippen LogP contribution in [0.15, 0.2) is 18.3 Å². The molecule has 2 aliphatic heterocycles. The van der Waals surface area contributed by atoms with E-state index in [1.807, 2.05) is 0 Å². The fourth-order valence-corrected chi connectivity index (χ4v) is 4.85. The Morgan fingerprint density at radius 2 is 1.77 bits per heavy atom. The molecule has 0 radical (unpaired) electrons. The second-order valence-electron chi connectivity index (χ2n) is 8.30. The van der Waals surface area contributed by atoms with Crippen LogP contribution in [0.5, 0.6) is 5.75 Å². The van der Waals surface area contributed by atoms with Crippen LogP contribution in [0.2, 0.25) is 0 Å². The number of rotatable bonds is 2. The van der Waals surface area contributed by atoms with Gasteiger partial charge in [0.1, 0.15) is 11.5 Å². The summed E-state index contributed by atoms with van der Waals surface area (Å²) in [4.78, 5) is 6.73. The lowest BCUT2D eigenvalue weighted by Gasteiger charge is -2.46. The molecule has 0 spiro atoms. The Kier molecular flexibility index (Phi) is 4.39. The van der Waals surface area contributed by atoms with Gasteiger partial charge in [-0.25, -0.2) is 13.8 Å². The van der Waals surface area contributed by atoms with Gasteiger partial charge in [-0.3, -0.25) is 4.68 Å². The first-order chi connectivity index (χ1) is 14.6. The Balaban J connectivity index is 1.63. The normalized spacial score (nSPS) is 21.3. The maximum atomic E-state index is 14.6. The summed E-state index contributed by atoms with van der Waals surface area (Å²) >= 11 is 0. The van der Waals surface area contributed by atoms with Crippen molar-refractivity contribution in [3.05, 3.63) is 35.5 Å². The van der Waals surface area contributed by atoms with Crippen molar-refractivity contribution in [3.63, 3.8) is 0 Å². The van der Waals surface area contributed by atoms with Gasteiger partial charge < -0.3 is 10.0 Å². The Morgan fingerprint density at radius 3 is 2.39 bits per heavy atom. The Hall–Kier alpha value is -2.91. The van der Waals surface area contributed by atoms with E-state index in [9.17, 15) is 27.1 Å². The molecule has 3 aliphatic rings. The molecule has 1 aromatic carbocycles. The smallest absolute Gasteiger partial charge is 0.419 e. The molecule has 1 aliphatic carbocycles. The molecule has 3 aromatic rings. The third kappa shape index (κ3) is 3.11. The number of pyridine rings is 1. The predicted octanol–water partition coefficient (Wildman–Crippen LogP) is 5.02. The molecule has 1 saturated carbocycles. The van der Waals surface area contributed by atoms with E-state index in [-0.39, 0.29) is 5.69 Å². The summed E-state index contributed by atoms with van der Waals surface area (Å²) in [6.45, 7) is 0.906. The van der Waals surface area contributed by atoms with E-state index in [1.54, 1.807) is 13.1 Å². The summed E-state index contributed by atoms with van der Waals surface area (Å²) in [6, 6.07) is 2.53. The van der Waals surface area contributed by atoms with E-state index < -0.39 is 34.7 Å². The van der Waals surface area contributed by atoms with Gasteiger partial charge >= 0.3 is 6.18 Å². The molecular weight excluding hydrogens is 419 g/mol. The first-order valence-electron chi connectivity index (χ1n) is 10.0. The number of hydrogen-bond donors (Lipinski definition) is 1. The minimum absolute atomic E-state index is 0.144. The summed E-state index contributed by atoms with van der Waals surface area (Å²) < 4.78 is 69.4. The lowest BCUT2D eigenvalue weighted by atomic mass is 9.80. The lowest BCUT2D eigenvalue weighted by Crippen LogP contribution is -2.48. The highest BCUT2D eigenvalue weighted by Crippen LogP contribution is 2.42. The maximum absolute atomic E-state index is 14.6. The average Bonchev–Trinajstić information content (AvgIpc) is 3.08. The second kappa shape index (κ2) is 6.80. The van der Waals surface area contributed by atoms with E-state index in [4.69, 9.17) is 0 Å². The standard InChI is InChI=1S/C21H19F5N4O/c1-29-15-7-16(30-9-10-2-4-11(30)5-3-10)27-8-13(15)19(28-29)12-6-14(21(24,25)26)18(23)20(31)17(12)22/h6-8,10-11,31H,2-5,9H2,1H3. The molecule has 6 rings (SSSR count). The number of aromatic nitrogens is 3. The van der Waals surface area contributed by atoms with E-state index in [0.717, 1.165) is 25.2 Å². The molecule has 4 heterocycles. The highest BCUT2D eigenvalue weighted by Gasteiger charge is 2.38. The Labute approximate surface area is 174 Å². The van der Waals surface area contributed by atoms with E-state index >= 15 is 0 Å². The largest absolute Gasteiger partial charge is 0.503 e. The molecule has 2 bridgehead atoms. The van der Waals surface area contributed by atoms with Crippen molar-refractivity contribution in [2.45, 2.75) is 37.9 Å². The van der Waals surface area contributed by atoms with Gasteiger partial charge in [-0.2, -0.15) is 18.3 Å². The number of benzene rings is 1. The molecule has 3 fully saturated rings. The molecule has 164 valence electrons. The predicted molar refractivity (Wildman–Crippen MR) is 104 cm³/mol. The van der Waals surface area contributed by atoms with Crippen LogP contribution in [0.1, 0.15) is 31.2 Å². The number of phenols is 1. The van der Waals surface area contributed by atoms with Crippen molar-refractivity contribution in [1.29, 1.82) is 0 Å². The Morgan fingerprint density at radius 1 is 1.06 bits per heavy atom. The molecule has 2 saturated heterocycles. The number of halogens is 5. The summed E-state index contributed by atoms with van der Waals surface area (Å²) in [5.41, 5.74) is -1.98. The molecule has 5 nitrogen and oxygen atoms in total. The first kappa shape index (κ1) is 20.0. The number of aryl methyl sites for hydroxylation is 1. The summed E-state index contributed by atoms with van der Waals surface area (Å²) in [7, 11) is 1.59. The number of aromatic hydroxyl groups is 1. The van der Waals surface area contributed by atoms with E-state index in [0.29, 0.717) is 28.9 Å². The fourth-order valence-electron chi connectivity index (χ4n) is 4.85. The van der Waals surface area contributed by atoms with Crippen molar-refractivity contribution in [1.82, 2.24) is 14.8 Å². The highest BCUT2D eigenvalue weighted by atomic mass is 19.4. The molecule has 31 heavy (non-hydrogen) atoms. The minimum atomic E-state index is -5.10. The van der Waals surface area contributed by atoms with Crippen molar-refractivity contribution in [2.24, 2.45) is 13.0 Å². The maximum Gasteiger partial charge on any atom is 0.419 e. The van der Waals surface area contributed by atoms with Gasteiger partial charge in [-0.1, -0.05) is 0 Å². The van der Waals surface area contributed by atoms with Gasteiger partial charge in [0.2, 0.25) is 0 Å². The van der Waals surface area contributed by atoms with Crippen LogP contribution in [0.3, 0.4) is 0 Å². The van der Waals surface area contributed by atoms with E-state index in [1.165, 1.54) is 23.7 Å². The number of phenolic OH excluding ortho intramolecular Hbond substituents is 1. The minimum Gasteiger partial charge on any atom is -0.503 e. The fraction of sp³-hybridized carbons (Fsp3) is 0.429. The number of hydrogen-bond acceptors (Lipinski definition) is 4. The number of alkyl halides is 3. The number of anilines is 1. The summed E-state index contributed by atoms with van der Waals surface area (Å²) in [5, 5.41) is 14.1. The van der Waals surface area contributed by atoms with Crippen LogP contribution in [0.25, 0.3) is 22.2 Å². The van der Waals surface area contributed by atoms with Crippen molar-refractivity contribution in [3.8, 4) is 17.0 Å². The highest BCUT2D eigenvalue weighted by molar-refractivity contribution is 5.94. The average molecular weight is 438 g/mol. The van der Waals surface area contributed by atoms with Gasteiger partial charge in [0.15, 0.2) is 17.4 Å².